The summed E-state index contributed by atoms with van der Waals surface area (Å²) in [6, 6.07) is 6.77. The molecule has 0 N–H and O–H groups in total. The normalized spacial score (nSPS) is 16.8. The van der Waals surface area contributed by atoms with Gasteiger partial charge in [-0.2, -0.15) is 0 Å². The van der Waals surface area contributed by atoms with Crippen molar-refractivity contribution in [1.29, 1.82) is 0 Å². The van der Waals surface area contributed by atoms with Gasteiger partial charge in [-0.1, -0.05) is 20.8 Å². The van der Waals surface area contributed by atoms with Crippen LogP contribution in [-0.4, -0.2) is 38.8 Å². The molecule has 1 amide bonds. The fraction of sp³-hybridized carbons (Fsp3) is 0.360. The van der Waals surface area contributed by atoms with Gasteiger partial charge >= 0.3 is 0 Å². The number of amides is 1. The number of piperidine rings is 1. The van der Waals surface area contributed by atoms with E-state index in [4.69, 9.17) is 4.98 Å². The lowest BCUT2D eigenvalue weighted by Crippen LogP contribution is -2.39. The third-order valence-corrected chi connectivity index (χ3v) is 5.69. The van der Waals surface area contributed by atoms with Gasteiger partial charge < -0.3 is 4.90 Å². The molecule has 1 aliphatic rings. The van der Waals surface area contributed by atoms with E-state index in [2.05, 4.69) is 30.7 Å². The van der Waals surface area contributed by atoms with Gasteiger partial charge in [0.25, 0.3) is 5.91 Å². The Balaban J connectivity index is 1.69. The monoisotopic (exact) mass is 436 g/mol. The third kappa shape index (κ3) is 4.66. The zero-order valence-corrected chi connectivity index (χ0v) is 18.5. The van der Waals surface area contributed by atoms with Crippen molar-refractivity contribution in [1.82, 2.24) is 19.9 Å². The molecule has 1 saturated heterocycles. The summed E-state index contributed by atoms with van der Waals surface area (Å²) in [4.78, 5) is 28.3. The van der Waals surface area contributed by atoms with Gasteiger partial charge in [0.15, 0.2) is 0 Å². The van der Waals surface area contributed by atoms with Crippen molar-refractivity contribution in [3.8, 4) is 11.1 Å². The summed E-state index contributed by atoms with van der Waals surface area (Å²) in [5.41, 5.74) is 2.56. The number of carbonyl (C=O) groups is 1. The van der Waals surface area contributed by atoms with Crippen LogP contribution < -0.4 is 0 Å². The summed E-state index contributed by atoms with van der Waals surface area (Å²) in [5.74, 6) is -1.16. The molecular formula is C25H26F2N4O. The number of aromatic nitrogens is 3. The number of rotatable bonds is 3. The molecule has 3 heterocycles. The fourth-order valence-electron chi connectivity index (χ4n) is 4.07. The largest absolute Gasteiger partial charge is 0.338 e. The van der Waals surface area contributed by atoms with Crippen LogP contribution in [-0.2, 0) is 5.41 Å². The Morgan fingerprint density at radius 2 is 1.78 bits per heavy atom. The van der Waals surface area contributed by atoms with Crippen molar-refractivity contribution in [2.24, 2.45) is 0 Å². The second-order valence-electron chi connectivity index (χ2n) is 9.23. The Kier molecular flexibility index (Phi) is 6.00. The number of carbonyl (C=O) groups excluding carboxylic acids is 1. The van der Waals surface area contributed by atoms with Crippen LogP contribution in [0.5, 0.6) is 0 Å². The lowest BCUT2D eigenvalue weighted by molar-refractivity contribution is 0.0705. The van der Waals surface area contributed by atoms with Gasteiger partial charge in [0.05, 0.1) is 5.69 Å². The van der Waals surface area contributed by atoms with Crippen LogP contribution in [0.15, 0.2) is 48.9 Å². The molecule has 0 aliphatic carbocycles. The lowest BCUT2D eigenvalue weighted by atomic mass is 9.88. The van der Waals surface area contributed by atoms with Gasteiger partial charge in [0.2, 0.25) is 0 Å². The van der Waals surface area contributed by atoms with Gasteiger partial charge in [0.1, 0.15) is 17.5 Å². The molecule has 3 aromatic rings. The molecule has 1 aliphatic heterocycles. The SMILES string of the molecule is CC(C)(C)c1ncc(-c2ccncc2)c(C2CCCN(C(=O)c3cc(F)cc(F)c3)C2)n1. The number of hydrogen-bond donors (Lipinski definition) is 0. The topological polar surface area (TPSA) is 59.0 Å². The summed E-state index contributed by atoms with van der Waals surface area (Å²) in [5, 5.41) is 0. The standard InChI is InChI=1S/C25H26F2N4O/c1-25(2,3)24-29-14-21(16-6-8-28-9-7-16)22(30-24)17-5-4-10-31(15-17)23(32)18-11-19(26)13-20(27)12-18/h6-9,11-14,17H,4-5,10,15H2,1-3H3. The minimum Gasteiger partial charge on any atom is -0.338 e. The van der Waals surface area contributed by atoms with E-state index in [9.17, 15) is 13.6 Å². The lowest BCUT2D eigenvalue weighted by Gasteiger charge is -2.34. The number of likely N-dealkylation sites (tertiary alicyclic amines) is 1. The van der Waals surface area contributed by atoms with Crippen molar-refractivity contribution in [3.05, 3.63) is 77.6 Å². The smallest absolute Gasteiger partial charge is 0.254 e. The Labute approximate surface area is 186 Å². The molecule has 7 heteroatoms. The molecule has 1 unspecified atom stereocenters. The minimum absolute atomic E-state index is 0.0154. The van der Waals surface area contributed by atoms with Crippen LogP contribution in [0, 0.1) is 11.6 Å². The van der Waals surface area contributed by atoms with Crippen molar-refractivity contribution < 1.29 is 13.6 Å². The van der Waals surface area contributed by atoms with Crippen molar-refractivity contribution in [2.75, 3.05) is 13.1 Å². The molecule has 0 radical (unpaired) electrons. The van der Waals surface area contributed by atoms with E-state index in [1.165, 1.54) is 0 Å². The molecule has 0 saturated carbocycles. The number of nitrogens with zero attached hydrogens (tertiary/aromatic N) is 4. The van der Waals surface area contributed by atoms with Gasteiger partial charge in [0, 0.05) is 60.2 Å². The van der Waals surface area contributed by atoms with E-state index in [1.54, 1.807) is 17.3 Å². The quantitative estimate of drug-likeness (QED) is 0.571. The molecule has 0 spiro atoms. The van der Waals surface area contributed by atoms with Crippen molar-refractivity contribution in [3.63, 3.8) is 0 Å². The van der Waals surface area contributed by atoms with Crippen LogP contribution >= 0.6 is 0 Å². The van der Waals surface area contributed by atoms with Crippen molar-refractivity contribution in [2.45, 2.75) is 44.9 Å². The van der Waals surface area contributed by atoms with Crippen LogP contribution in [0.4, 0.5) is 8.78 Å². The highest BCUT2D eigenvalue weighted by Crippen LogP contribution is 2.34. The molecule has 1 aromatic carbocycles. The highest BCUT2D eigenvalue weighted by Gasteiger charge is 2.30. The van der Waals surface area contributed by atoms with E-state index >= 15 is 0 Å². The van der Waals surface area contributed by atoms with Crippen LogP contribution in [0.1, 0.15) is 61.4 Å². The Morgan fingerprint density at radius 3 is 2.44 bits per heavy atom. The van der Waals surface area contributed by atoms with Crippen molar-refractivity contribution >= 4 is 5.91 Å². The average molecular weight is 437 g/mol. The predicted molar refractivity (Wildman–Crippen MR) is 118 cm³/mol. The maximum absolute atomic E-state index is 13.7. The molecule has 5 nitrogen and oxygen atoms in total. The minimum atomic E-state index is -0.757. The van der Waals surface area contributed by atoms with Crippen LogP contribution in [0.2, 0.25) is 0 Å². The molecule has 4 rings (SSSR count). The summed E-state index contributed by atoms with van der Waals surface area (Å²) in [7, 11) is 0. The molecule has 166 valence electrons. The van der Waals surface area contributed by atoms with E-state index < -0.39 is 11.6 Å². The number of hydrogen-bond acceptors (Lipinski definition) is 4. The average Bonchev–Trinajstić information content (AvgIpc) is 2.77. The first-order chi connectivity index (χ1) is 15.2. The zero-order valence-electron chi connectivity index (χ0n) is 18.5. The van der Waals surface area contributed by atoms with Crippen LogP contribution in [0.25, 0.3) is 11.1 Å². The molecular weight excluding hydrogens is 410 g/mol. The maximum Gasteiger partial charge on any atom is 0.254 e. The molecule has 1 atom stereocenters. The fourth-order valence-corrected chi connectivity index (χ4v) is 4.07. The molecule has 1 fully saturated rings. The third-order valence-electron chi connectivity index (χ3n) is 5.69. The molecule has 2 aromatic heterocycles. The van der Waals surface area contributed by atoms with Crippen LogP contribution in [0.3, 0.4) is 0 Å². The first-order valence-corrected chi connectivity index (χ1v) is 10.8. The summed E-state index contributed by atoms with van der Waals surface area (Å²) in [6.07, 6.45) is 6.94. The van der Waals surface area contributed by atoms with E-state index in [0.29, 0.717) is 13.1 Å². The number of halogens is 2. The van der Waals surface area contributed by atoms with E-state index in [-0.39, 0.29) is 22.8 Å². The summed E-state index contributed by atoms with van der Waals surface area (Å²) < 4.78 is 27.3. The second kappa shape index (κ2) is 8.73. The maximum atomic E-state index is 13.7. The Bertz CT molecular complexity index is 1110. The first kappa shape index (κ1) is 22.0. The predicted octanol–water partition coefficient (Wildman–Crippen LogP) is 5.13. The van der Waals surface area contributed by atoms with Gasteiger partial charge in [-0.3, -0.25) is 9.78 Å². The highest BCUT2D eigenvalue weighted by molar-refractivity contribution is 5.94. The van der Waals surface area contributed by atoms with Gasteiger partial charge in [-0.15, -0.1) is 0 Å². The summed E-state index contributed by atoms with van der Waals surface area (Å²) in [6.45, 7) is 7.15. The van der Waals surface area contributed by atoms with Gasteiger partial charge in [-0.05, 0) is 42.7 Å². The van der Waals surface area contributed by atoms with Gasteiger partial charge in [-0.25, -0.2) is 18.7 Å². The number of benzene rings is 1. The Morgan fingerprint density at radius 1 is 1.09 bits per heavy atom. The van der Waals surface area contributed by atoms with E-state index in [0.717, 1.165) is 53.7 Å². The molecule has 32 heavy (non-hydrogen) atoms. The second-order valence-corrected chi connectivity index (χ2v) is 9.23. The Hall–Kier alpha value is -3.22. The zero-order chi connectivity index (χ0) is 22.9. The number of pyridine rings is 1. The van der Waals surface area contributed by atoms with E-state index in [1.807, 2.05) is 18.3 Å². The highest BCUT2D eigenvalue weighted by atomic mass is 19.1. The molecule has 0 bridgehead atoms. The first-order valence-electron chi connectivity index (χ1n) is 10.8. The summed E-state index contributed by atoms with van der Waals surface area (Å²) >= 11 is 0.